The van der Waals surface area contributed by atoms with Gasteiger partial charge in [0.15, 0.2) is 0 Å². The molecule has 3 amide bonds. The minimum atomic E-state index is -0.689. The summed E-state index contributed by atoms with van der Waals surface area (Å²) in [5.74, 6) is 0.0269. The van der Waals surface area contributed by atoms with Gasteiger partial charge in [0.05, 0.1) is 7.11 Å². The molecule has 0 saturated carbocycles. The molecule has 8 nitrogen and oxygen atoms in total. The van der Waals surface area contributed by atoms with Crippen molar-refractivity contribution in [3.05, 3.63) is 65.7 Å². The van der Waals surface area contributed by atoms with Crippen LogP contribution in [0.15, 0.2) is 54.6 Å². The predicted octanol–water partition coefficient (Wildman–Crippen LogP) is 2.50. The van der Waals surface area contributed by atoms with Crippen LogP contribution in [0.1, 0.15) is 40.0 Å². The summed E-state index contributed by atoms with van der Waals surface area (Å²) in [7, 11) is 3.18. The Hall–Kier alpha value is -3.39. The van der Waals surface area contributed by atoms with Crippen LogP contribution in [0.25, 0.3) is 0 Å². The third-order valence-electron chi connectivity index (χ3n) is 6.06. The number of nitrogens with zero attached hydrogens (tertiary/aromatic N) is 1. The van der Waals surface area contributed by atoms with Gasteiger partial charge in [-0.05, 0) is 61.6 Å². The molecule has 3 rings (SSSR count). The number of hydrogen-bond donors (Lipinski definition) is 2. The van der Waals surface area contributed by atoms with Crippen molar-refractivity contribution in [3.8, 4) is 5.75 Å². The lowest BCUT2D eigenvalue weighted by molar-refractivity contribution is -0.124. The fourth-order valence-electron chi connectivity index (χ4n) is 4.10. The van der Waals surface area contributed by atoms with Crippen LogP contribution in [-0.4, -0.2) is 69.1 Å². The number of likely N-dealkylation sites (tertiary alicyclic amines) is 1. The van der Waals surface area contributed by atoms with Gasteiger partial charge in [0.25, 0.3) is 11.8 Å². The highest BCUT2D eigenvalue weighted by molar-refractivity contribution is 5.98. The lowest BCUT2D eigenvalue weighted by Crippen LogP contribution is -2.54. The molecule has 0 aliphatic carbocycles. The Morgan fingerprint density at radius 2 is 1.65 bits per heavy atom. The van der Waals surface area contributed by atoms with Crippen molar-refractivity contribution >= 4 is 17.7 Å². The second-order valence-corrected chi connectivity index (χ2v) is 8.31. The summed E-state index contributed by atoms with van der Waals surface area (Å²) in [5, 5.41) is 5.85. The van der Waals surface area contributed by atoms with Crippen molar-refractivity contribution in [3.63, 3.8) is 0 Å². The zero-order valence-electron chi connectivity index (χ0n) is 19.8. The summed E-state index contributed by atoms with van der Waals surface area (Å²) < 4.78 is 10.2. The highest BCUT2D eigenvalue weighted by Gasteiger charge is 2.34. The average molecular weight is 468 g/mol. The molecule has 1 aliphatic heterocycles. The van der Waals surface area contributed by atoms with E-state index in [1.807, 2.05) is 23.1 Å². The van der Waals surface area contributed by atoms with E-state index in [1.54, 1.807) is 50.6 Å². The SMILES string of the molecule is COCCCNC(=O)C(NC(=O)c1ccc(OC)cc1)C1CCN(C(=O)c2ccccc2)CC1. The predicted molar refractivity (Wildman–Crippen MR) is 129 cm³/mol. The van der Waals surface area contributed by atoms with Crippen molar-refractivity contribution in [1.29, 1.82) is 0 Å². The molecule has 1 unspecified atom stereocenters. The molecule has 0 bridgehead atoms. The Balaban J connectivity index is 1.66. The summed E-state index contributed by atoms with van der Waals surface area (Å²) in [6.07, 6.45) is 1.93. The maximum Gasteiger partial charge on any atom is 0.253 e. The largest absolute Gasteiger partial charge is 0.497 e. The monoisotopic (exact) mass is 467 g/mol. The summed E-state index contributed by atoms with van der Waals surface area (Å²) in [5.41, 5.74) is 1.11. The standard InChI is InChI=1S/C26H33N3O5/c1-33-18-6-15-27-25(31)23(28-24(30)20-9-11-22(34-2)12-10-20)19-13-16-29(17-14-19)26(32)21-7-4-3-5-8-21/h3-5,7-12,19,23H,6,13-18H2,1-2H3,(H,27,31)(H,28,30). The molecule has 1 aliphatic rings. The lowest BCUT2D eigenvalue weighted by Gasteiger charge is -2.36. The van der Waals surface area contributed by atoms with Crippen molar-refractivity contribution in [2.24, 2.45) is 5.92 Å². The summed E-state index contributed by atoms with van der Waals surface area (Å²) in [4.78, 5) is 40.6. The molecule has 8 heteroatoms. The fourth-order valence-corrected chi connectivity index (χ4v) is 4.10. The van der Waals surface area contributed by atoms with Crippen molar-refractivity contribution in [2.45, 2.75) is 25.3 Å². The normalized spacial score (nSPS) is 14.8. The second kappa shape index (κ2) is 12.7. The van der Waals surface area contributed by atoms with Crippen LogP contribution in [0.3, 0.4) is 0 Å². The van der Waals surface area contributed by atoms with E-state index < -0.39 is 6.04 Å². The van der Waals surface area contributed by atoms with Gasteiger partial charge in [-0.15, -0.1) is 0 Å². The quantitative estimate of drug-likeness (QED) is 0.524. The van der Waals surface area contributed by atoms with Crippen LogP contribution < -0.4 is 15.4 Å². The van der Waals surface area contributed by atoms with E-state index in [0.717, 1.165) is 0 Å². The Kier molecular flexibility index (Phi) is 9.46. The van der Waals surface area contributed by atoms with Gasteiger partial charge in [0, 0.05) is 44.5 Å². The van der Waals surface area contributed by atoms with Crippen LogP contribution in [0.2, 0.25) is 0 Å². The number of piperidine rings is 1. The highest BCUT2D eigenvalue weighted by Crippen LogP contribution is 2.23. The first-order chi connectivity index (χ1) is 16.5. The number of hydrogen-bond acceptors (Lipinski definition) is 5. The summed E-state index contributed by atoms with van der Waals surface area (Å²) >= 11 is 0. The van der Waals surface area contributed by atoms with E-state index in [0.29, 0.717) is 62.4 Å². The van der Waals surface area contributed by atoms with Crippen LogP contribution in [0.4, 0.5) is 0 Å². The summed E-state index contributed by atoms with van der Waals surface area (Å²) in [6, 6.07) is 15.3. The molecule has 1 saturated heterocycles. The Bertz CT molecular complexity index is 941. The molecule has 182 valence electrons. The second-order valence-electron chi connectivity index (χ2n) is 8.31. The molecule has 1 fully saturated rings. The Morgan fingerprint density at radius 1 is 0.971 bits per heavy atom. The third kappa shape index (κ3) is 6.81. The first-order valence-corrected chi connectivity index (χ1v) is 11.6. The molecule has 0 spiro atoms. The zero-order chi connectivity index (χ0) is 24.3. The first kappa shape index (κ1) is 25.2. The van der Waals surface area contributed by atoms with E-state index in [2.05, 4.69) is 10.6 Å². The summed E-state index contributed by atoms with van der Waals surface area (Å²) in [6.45, 7) is 2.07. The number of nitrogens with one attached hydrogen (secondary N) is 2. The Morgan fingerprint density at radius 3 is 2.26 bits per heavy atom. The zero-order valence-corrected chi connectivity index (χ0v) is 19.8. The molecule has 1 heterocycles. The van der Waals surface area contributed by atoms with E-state index in [4.69, 9.17) is 9.47 Å². The number of benzene rings is 2. The molecule has 2 aromatic rings. The smallest absolute Gasteiger partial charge is 0.253 e. The van der Waals surface area contributed by atoms with E-state index in [9.17, 15) is 14.4 Å². The molecule has 0 radical (unpaired) electrons. The maximum atomic E-state index is 13.0. The van der Waals surface area contributed by atoms with Gasteiger partial charge < -0.3 is 25.0 Å². The van der Waals surface area contributed by atoms with Gasteiger partial charge in [-0.3, -0.25) is 14.4 Å². The fraction of sp³-hybridized carbons (Fsp3) is 0.423. The van der Waals surface area contributed by atoms with Gasteiger partial charge >= 0.3 is 0 Å². The highest BCUT2D eigenvalue weighted by atomic mass is 16.5. The molecule has 2 aromatic carbocycles. The minimum Gasteiger partial charge on any atom is -0.497 e. The number of carbonyl (C=O) groups excluding carboxylic acids is 3. The van der Waals surface area contributed by atoms with Crippen LogP contribution in [0, 0.1) is 5.92 Å². The lowest BCUT2D eigenvalue weighted by atomic mass is 9.88. The molecule has 1 atom stereocenters. The minimum absolute atomic E-state index is 0.0121. The number of rotatable bonds is 10. The number of amides is 3. The van der Waals surface area contributed by atoms with Gasteiger partial charge in [0.1, 0.15) is 11.8 Å². The molecular formula is C26H33N3O5. The molecular weight excluding hydrogens is 434 g/mol. The number of carbonyl (C=O) groups is 3. The maximum absolute atomic E-state index is 13.0. The van der Waals surface area contributed by atoms with Crippen molar-refractivity contribution < 1.29 is 23.9 Å². The van der Waals surface area contributed by atoms with E-state index in [1.165, 1.54) is 0 Å². The topological polar surface area (TPSA) is 97.0 Å². The van der Waals surface area contributed by atoms with Crippen LogP contribution in [0.5, 0.6) is 5.75 Å². The number of ether oxygens (including phenoxy) is 2. The van der Waals surface area contributed by atoms with Crippen LogP contribution >= 0.6 is 0 Å². The van der Waals surface area contributed by atoms with E-state index >= 15 is 0 Å². The average Bonchev–Trinajstić information content (AvgIpc) is 2.89. The molecule has 0 aromatic heterocycles. The van der Waals surface area contributed by atoms with Crippen molar-refractivity contribution in [1.82, 2.24) is 15.5 Å². The molecule has 2 N–H and O–H groups in total. The Labute approximate surface area is 200 Å². The van der Waals surface area contributed by atoms with Gasteiger partial charge in [0.2, 0.25) is 5.91 Å². The van der Waals surface area contributed by atoms with Crippen LogP contribution in [-0.2, 0) is 9.53 Å². The van der Waals surface area contributed by atoms with E-state index in [-0.39, 0.29) is 23.6 Å². The number of methoxy groups -OCH3 is 2. The van der Waals surface area contributed by atoms with Gasteiger partial charge in [-0.1, -0.05) is 18.2 Å². The first-order valence-electron chi connectivity index (χ1n) is 11.6. The van der Waals surface area contributed by atoms with Gasteiger partial charge in [-0.2, -0.15) is 0 Å². The third-order valence-corrected chi connectivity index (χ3v) is 6.06. The van der Waals surface area contributed by atoms with Crippen molar-refractivity contribution in [2.75, 3.05) is 40.5 Å². The molecule has 34 heavy (non-hydrogen) atoms. The van der Waals surface area contributed by atoms with Gasteiger partial charge in [-0.25, -0.2) is 0 Å².